The molecule has 3 nitrogen and oxygen atoms in total. The maximum absolute atomic E-state index is 9.82. The summed E-state index contributed by atoms with van der Waals surface area (Å²) in [7, 11) is -3.67. The van der Waals surface area contributed by atoms with Crippen LogP contribution >= 0.6 is 21.5 Å². The summed E-state index contributed by atoms with van der Waals surface area (Å²) in [5.74, 6) is 0. The van der Waals surface area contributed by atoms with E-state index in [1.165, 1.54) is 0 Å². The molecular weight excluding hydrogens is 276 g/mol. The molecule has 0 radical (unpaired) electrons. The van der Waals surface area contributed by atoms with Gasteiger partial charge >= 0.3 is 30.1 Å². The molecule has 0 aromatic heterocycles. The Morgan fingerprint density at radius 3 is 1.33 bits per heavy atom. The minimum atomic E-state index is -4.76. The summed E-state index contributed by atoms with van der Waals surface area (Å²) in [6.45, 7) is 0. The van der Waals surface area contributed by atoms with Crippen LogP contribution < -0.4 is 0 Å². The molecule has 0 rings (SSSR count). The van der Waals surface area contributed by atoms with Gasteiger partial charge in [0.1, 0.15) is 0 Å². The van der Waals surface area contributed by atoms with Gasteiger partial charge in [0.25, 0.3) is 10.1 Å². The van der Waals surface area contributed by atoms with E-state index in [4.69, 9.17) is 4.55 Å². The predicted octanol–water partition coefficient (Wildman–Crippen LogP) is 1.65. The number of hydrogen-bond donors (Lipinski definition) is 1. The van der Waals surface area contributed by atoms with E-state index >= 15 is 0 Å². The van der Waals surface area contributed by atoms with Gasteiger partial charge < -0.3 is 0 Å². The van der Waals surface area contributed by atoms with Gasteiger partial charge in [0.2, 0.25) is 0 Å². The van der Waals surface area contributed by atoms with Gasteiger partial charge in [-0.1, -0.05) is 0 Å². The monoisotopic (exact) mass is 280 g/mol. The molecule has 9 heavy (non-hydrogen) atoms. The Morgan fingerprint density at radius 1 is 1.33 bits per heavy atom. The molecular formula is CH4F3IO3S. The first kappa shape index (κ1) is 12.1. The third-order valence-electron chi connectivity index (χ3n) is 0. The summed E-state index contributed by atoms with van der Waals surface area (Å²) in [5, 5.41) is 0. The van der Waals surface area contributed by atoms with Gasteiger partial charge in [0.15, 0.2) is 0 Å². The quantitative estimate of drug-likeness (QED) is 0.542. The summed E-state index contributed by atoms with van der Waals surface area (Å²) < 4.78 is 55.3. The van der Waals surface area contributed by atoms with Crippen molar-refractivity contribution in [2.24, 2.45) is 0 Å². The third kappa shape index (κ3) is 1890. The van der Waals surface area contributed by atoms with Crippen molar-refractivity contribution in [2.45, 2.75) is 0 Å². The van der Waals surface area contributed by atoms with Crippen LogP contribution in [0.5, 0.6) is 0 Å². The summed E-state index contributed by atoms with van der Waals surface area (Å²) in [6, 6.07) is 0. The van der Waals surface area contributed by atoms with Gasteiger partial charge in [-0.2, -0.15) is 8.42 Å². The van der Waals surface area contributed by atoms with Crippen molar-refractivity contribution in [2.75, 3.05) is 6.26 Å². The Hall–Kier alpha value is 0.430. The van der Waals surface area contributed by atoms with E-state index in [2.05, 4.69) is 0 Å². The number of halogens is 4. The Bertz CT molecular complexity index is 130. The average molecular weight is 280 g/mol. The molecule has 0 aliphatic heterocycles. The zero-order valence-corrected chi connectivity index (χ0v) is 7.16. The molecule has 1 N–H and O–H groups in total. The molecule has 0 bridgehead atoms. The second-order valence-electron chi connectivity index (χ2n) is 0.895. The molecule has 0 fully saturated rings. The number of hydrogen-bond acceptors (Lipinski definition) is 2. The first-order chi connectivity index (χ1) is 3.73. The van der Waals surface area contributed by atoms with Gasteiger partial charge in [-0.15, -0.1) is 0 Å². The molecule has 0 heterocycles. The van der Waals surface area contributed by atoms with Crippen LogP contribution in [0, 0.1) is 0 Å². The van der Waals surface area contributed by atoms with Crippen LogP contribution in [0.15, 0.2) is 0 Å². The van der Waals surface area contributed by atoms with E-state index in [1.807, 2.05) is 0 Å². The Morgan fingerprint density at radius 2 is 1.33 bits per heavy atom. The molecule has 0 aliphatic carbocycles. The minimum absolute atomic E-state index is 0.715. The Labute approximate surface area is 59.7 Å². The molecule has 0 atom stereocenters. The molecule has 0 aromatic carbocycles. The summed E-state index contributed by atoms with van der Waals surface area (Å²) in [4.78, 5) is 0. The van der Waals surface area contributed by atoms with Gasteiger partial charge in [0, 0.05) is 0 Å². The van der Waals surface area contributed by atoms with Crippen LogP contribution in [0.4, 0.5) is 8.58 Å². The van der Waals surface area contributed by atoms with Crippen molar-refractivity contribution in [3.8, 4) is 0 Å². The fourth-order valence-electron chi connectivity index (χ4n) is 0. The van der Waals surface area contributed by atoms with E-state index in [0.717, 1.165) is 0 Å². The second kappa shape index (κ2) is 5.23. The Kier molecular flexibility index (Phi) is 7.06. The molecule has 0 unspecified atom stereocenters. The predicted molar refractivity (Wildman–Crippen MR) is 34.8 cm³/mol. The summed E-state index contributed by atoms with van der Waals surface area (Å²) in [6.07, 6.45) is 0.715. The van der Waals surface area contributed by atoms with Crippen molar-refractivity contribution in [3.63, 3.8) is 0 Å². The molecule has 8 heteroatoms. The fraction of sp³-hybridized carbons (Fsp3) is 1.00. The van der Waals surface area contributed by atoms with Crippen molar-refractivity contribution in [3.05, 3.63) is 0 Å². The first-order valence-electron chi connectivity index (χ1n) is 1.35. The number of rotatable bonds is 0. The van der Waals surface area contributed by atoms with Crippen LogP contribution in [0.2, 0.25) is 0 Å². The molecule has 0 saturated heterocycles. The molecule has 0 aromatic rings. The van der Waals surface area contributed by atoms with Gasteiger partial charge in [0.05, 0.1) is 6.26 Å². The fourth-order valence-corrected chi connectivity index (χ4v) is 0. The van der Waals surface area contributed by atoms with E-state index in [9.17, 15) is 17.0 Å². The van der Waals surface area contributed by atoms with Crippen LogP contribution in [0.1, 0.15) is 0 Å². The van der Waals surface area contributed by atoms with Gasteiger partial charge in [-0.05, 0) is 0 Å². The van der Waals surface area contributed by atoms with Gasteiger partial charge in [-0.25, -0.2) is 0 Å². The summed E-state index contributed by atoms with van der Waals surface area (Å²) in [5.41, 5.74) is 0. The average Bonchev–Trinajstić information content (AvgIpc) is 1.19. The van der Waals surface area contributed by atoms with Crippen LogP contribution in [0.3, 0.4) is 0 Å². The maximum atomic E-state index is 9.82. The van der Waals surface area contributed by atoms with Crippen LogP contribution in [-0.2, 0) is 10.1 Å². The zero-order valence-electron chi connectivity index (χ0n) is 4.18. The molecule has 0 aliphatic rings. The topological polar surface area (TPSA) is 54.4 Å². The van der Waals surface area contributed by atoms with Crippen LogP contribution in [0.25, 0.3) is 0 Å². The molecule has 0 amide bonds. The normalized spacial score (nSPS) is 11.4. The van der Waals surface area contributed by atoms with E-state index < -0.39 is 31.7 Å². The SMILES string of the molecule is CS(=O)(=O)O.FI(F)F. The molecule has 60 valence electrons. The first-order valence-corrected chi connectivity index (χ1v) is 5.65. The molecule has 0 spiro atoms. The van der Waals surface area contributed by atoms with E-state index in [0.29, 0.717) is 6.26 Å². The van der Waals surface area contributed by atoms with E-state index in [1.54, 1.807) is 0 Å². The third-order valence-corrected chi connectivity index (χ3v) is 0. The van der Waals surface area contributed by atoms with Crippen LogP contribution in [-0.4, -0.2) is 19.2 Å². The van der Waals surface area contributed by atoms with Crippen molar-refractivity contribution < 1.29 is 21.6 Å². The van der Waals surface area contributed by atoms with Gasteiger partial charge in [-0.3, -0.25) is 4.55 Å². The second-order valence-corrected chi connectivity index (χ2v) is 3.29. The van der Waals surface area contributed by atoms with Crippen molar-refractivity contribution in [1.29, 1.82) is 0 Å². The van der Waals surface area contributed by atoms with Crippen molar-refractivity contribution >= 4 is 31.7 Å². The molecule has 0 saturated carbocycles. The Balaban J connectivity index is 0. The summed E-state index contributed by atoms with van der Waals surface area (Å²) >= 11 is -4.76. The van der Waals surface area contributed by atoms with Crippen molar-refractivity contribution in [1.82, 2.24) is 0 Å². The van der Waals surface area contributed by atoms with E-state index in [-0.39, 0.29) is 0 Å². The zero-order chi connectivity index (χ0) is 8.08. The standard InChI is InChI=1S/CH4O3S.F3I/c1-5(2,3)4;1-4(2)3/h1H3,(H,2,3,4);.